The molecule has 0 radical (unpaired) electrons. The monoisotopic (exact) mass is 412 g/mol. The second-order valence-corrected chi connectivity index (χ2v) is 7.31. The lowest BCUT2D eigenvalue weighted by Crippen LogP contribution is -2.25. The van der Waals surface area contributed by atoms with Crippen LogP contribution in [-0.4, -0.2) is 42.5 Å². The molecule has 0 atom stereocenters. The molecule has 0 saturated carbocycles. The number of para-hydroxylation sites is 2. The van der Waals surface area contributed by atoms with Gasteiger partial charge < -0.3 is 9.84 Å². The lowest BCUT2D eigenvalue weighted by molar-refractivity contribution is 0.101. The van der Waals surface area contributed by atoms with E-state index in [4.69, 9.17) is 4.74 Å². The summed E-state index contributed by atoms with van der Waals surface area (Å²) in [5.74, 6) is -0.841. The summed E-state index contributed by atoms with van der Waals surface area (Å²) in [6.07, 6.45) is 0. The number of fused-ring (bicyclic) bond motifs is 1. The van der Waals surface area contributed by atoms with Crippen molar-refractivity contribution in [1.29, 1.82) is 0 Å². The molecule has 0 saturated heterocycles. The number of carbonyl (C=O) groups excluding carboxylic acids is 1. The minimum absolute atomic E-state index is 0.0700. The van der Waals surface area contributed by atoms with Crippen LogP contribution in [0.15, 0.2) is 35.1 Å². The van der Waals surface area contributed by atoms with Crippen molar-refractivity contribution in [2.24, 2.45) is 0 Å². The minimum atomic E-state index is -0.751. The number of hydrogen-bond acceptors (Lipinski definition) is 8. The van der Waals surface area contributed by atoms with E-state index in [9.17, 15) is 14.7 Å². The molecule has 11 heteroatoms. The van der Waals surface area contributed by atoms with Crippen molar-refractivity contribution >= 4 is 28.2 Å². The molecule has 1 amide bonds. The minimum Gasteiger partial charge on any atom is -0.505 e. The Hall–Kier alpha value is -3.73. The van der Waals surface area contributed by atoms with Crippen molar-refractivity contribution in [3.8, 4) is 17.2 Å². The van der Waals surface area contributed by atoms with Crippen molar-refractivity contribution < 1.29 is 14.6 Å². The van der Waals surface area contributed by atoms with Crippen LogP contribution < -0.4 is 15.6 Å². The van der Waals surface area contributed by atoms with Crippen LogP contribution in [0.4, 0.5) is 5.95 Å². The Morgan fingerprint density at radius 2 is 2.00 bits per heavy atom. The van der Waals surface area contributed by atoms with Gasteiger partial charge in [-0.05, 0) is 26.0 Å². The Bertz CT molecular complexity index is 1310. The molecule has 0 fully saturated rings. The third-order valence-corrected chi connectivity index (χ3v) is 5.36. The van der Waals surface area contributed by atoms with Crippen molar-refractivity contribution in [3.63, 3.8) is 0 Å². The number of aromatic hydroxyl groups is 1. The number of nitrogens with one attached hydrogen (secondary N) is 1. The van der Waals surface area contributed by atoms with Crippen LogP contribution in [0.25, 0.3) is 10.6 Å². The molecule has 3 heterocycles. The van der Waals surface area contributed by atoms with Crippen LogP contribution in [0.3, 0.4) is 0 Å². The fourth-order valence-electron chi connectivity index (χ4n) is 2.74. The molecule has 0 aliphatic heterocycles. The molecule has 1 aromatic carbocycles. The second-order valence-electron chi connectivity index (χ2n) is 6.13. The van der Waals surface area contributed by atoms with Crippen LogP contribution in [0.2, 0.25) is 0 Å². The third kappa shape index (κ3) is 3.21. The maximum absolute atomic E-state index is 12.7. The fraction of sp³-hybridized carbons (Fsp3) is 0.167. The number of rotatable bonds is 4. The van der Waals surface area contributed by atoms with Gasteiger partial charge in [-0.15, -0.1) is 5.10 Å². The zero-order valence-corrected chi connectivity index (χ0v) is 16.5. The van der Waals surface area contributed by atoms with E-state index in [2.05, 4.69) is 20.5 Å². The first-order valence-corrected chi connectivity index (χ1v) is 9.31. The highest BCUT2D eigenvalue weighted by atomic mass is 32.1. The van der Waals surface area contributed by atoms with Crippen LogP contribution in [0.5, 0.6) is 11.5 Å². The zero-order valence-electron chi connectivity index (χ0n) is 15.7. The first-order chi connectivity index (χ1) is 13.9. The maximum atomic E-state index is 12.7. The van der Waals surface area contributed by atoms with Crippen molar-refractivity contribution in [2.75, 3.05) is 12.4 Å². The highest BCUT2D eigenvalue weighted by Gasteiger charge is 2.20. The van der Waals surface area contributed by atoms with Gasteiger partial charge in [-0.2, -0.15) is 14.8 Å². The summed E-state index contributed by atoms with van der Waals surface area (Å²) in [5, 5.41) is 20.9. The zero-order chi connectivity index (χ0) is 20.7. The van der Waals surface area contributed by atoms with Gasteiger partial charge in [0.15, 0.2) is 11.4 Å². The van der Waals surface area contributed by atoms with Gasteiger partial charge in [-0.25, -0.2) is 4.52 Å². The molecule has 0 bridgehead atoms. The van der Waals surface area contributed by atoms with Crippen LogP contribution in [0.1, 0.15) is 21.1 Å². The van der Waals surface area contributed by atoms with Gasteiger partial charge in [-0.3, -0.25) is 14.9 Å². The highest BCUT2D eigenvalue weighted by Crippen LogP contribution is 2.23. The van der Waals surface area contributed by atoms with E-state index >= 15 is 0 Å². The summed E-state index contributed by atoms with van der Waals surface area (Å²) in [6, 6.07) is 7.62. The number of aryl methyl sites for hydroxylation is 2. The Morgan fingerprint density at radius 3 is 2.72 bits per heavy atom. The number of amides is 1. The van der Waals surface area contributed by atoms with E-state index < -0.39 is 17.2 Å². The van der Waals surface area contributed by atoms with E-state index in [0.717, 1.165) is 21.3 Å². The van der Waals surface area contributed by atoms with Gasteiger partial charge in [0, 0.05) is 10.9 Å². The molecule has 2 N–H and O–H groups in total. The van der Waals surface area contributed by atoms with Crippen LogP contribution >= 0.6 is 11.3 Å². The summed E-state index contributed by atoms with van der Waals surface area (Å²) in [4.78, 5) is 30.9. The number of thiazole rings is 1. The number of aromatic nitrogens is 5. The van der Waals surface area contributed by atoms with Gasteiger partial charge in [0.1, 0.15) is 11.4 Å². The molecule has 0 unspecified atom stereocenters. The summed E-state index contributed by atoms with van der Waals surface area (Å²) in [5.41, 5.74) is 0.293. The van der Waals surface area contributed by atoms with Gasteiger partial charge in [0.2, 0.25) is 4.96 Å². The maximum Gasteiger partial charge on any atom is 0.282 e. The summed E-state index contributed by atoms with van der Waals surface area (Å²) >= 11 is 1.45. The number of nitrogens with zero attached hydrogens (tertiary/aromatic N) is 5. The number of hydrogen-bond donors (Lipinski definition) is 2. The van der Waals surface area contributed by atoms with E-state index in [0.29, 0.717) is 16.4 Å². The van der Waals surface area contributed by atoms with E-state index in [-0.39, 0.29) is 11.6 Å². The van der Waals surface area contributed by atoms with Gasteiger partial charge in [-0.1, -0.05) is 23.5 Å². The van der Waals surface area contributed by atoms with Crippen LogP contribution in [0, 0.1) is 13.8 Å². The topological polar surface area (TPSA) is 124 Å². The smallest absolute Gasteiger partial charge is 0.282 e. The molecular formula is C18H16N6O4S. The Morgan fingerprint density at radius 1 is 1.24 bits per heavy atom. The quantitative estimate of drug-likeness (QED) is 0.525. The Labute approximate surface area is 168 Å². The molecule has 10 nitrogen and oxygen atoms in total. The van der Waals surface area contributed by atoms with Gasteiger partial charge in [0.05, 0.1) is 12.8 Å². The fourth-order valence-corrected chi connectivity index (χ4v) is 3.65. The first kappa shape index (κ1) is 18.6. The number of anilines is 1. The molecular weight excluding hydrogens is 396 g/mol. The highest BCUT2D eigenvalue weighted by molar-refractivity contribution is 7.17. The molecule has 148 valence electrons. The molecule has 3 aromatic heterocycles. The Balaban J connectivity index is 1.71. The van der Waals surface area contributed by atoms with Crippen LogP contribution in [-0.2, 0) is 0 Å². The average Bonchev–Trinajstić information content (AvgIpc) is 3.20. The molecule has 0 spiro atoms. The second kappa shape index (κ2) is 7.02. The van der Waals surface area contributed by atoms with E-state index in [1.807, 2.05) is 13.8 Å². The molecule has 4 aromatic rings. The molecule has 0 aliphatic rings. The summed E-state index contributed by atoms with van der Waals surface area (Å²) in [7, 11) is 1.46. The number of methoxy groups -OCH3 is 1. The average molecular weight is 412 g/mol. The van der Waals surface area contributed by atoms with Gasteiger partial charge in [0.25, 0.3) is 17.4 Å². The van der Waals surface area contributed by atoms with Crippen molar-refractivity contribution in [2.45, 2.75) is 13.8 Å². The molecule has 4 rings (SSSR count). The Kier molecular flexibility index (Phi) is 4.51. The predicted molar refractivity (Wildman–Crippen MR) is 106 cm³/mol. The largest absolute Gasteiger partial charge is 0.505 e. The number of carbonyl (C=O) groups is 1. The number of ether oxygens (including phenoxy) is 1. The lowest BCUT2D eigenvalue weighted by Gasteiger charge is -2.11. The third-order valence-electron chi connectivity index (χ3n) is 4.31. The predicted octanol–water partition coefficient (Wildman–Crippen LogP) is 1.92. The standard InChI is InChI=1S/C18H16N6O4S/c1-9-10(2)29-18-20-17(22-23(9)18)19-16(27)15-12(25)8-14(26)24(21-15)11-6-4-5-7-13(11)28-3/h4-8,25H,1-3H3,(H,19,22,27). The van der Waals surface area contributed by atoms with Gasteiger partial charge >= 0.3 is 0 Å². The first-order valence-electron chi connectivity index (χ1n) is 8.50. The normalized spacial score (nSPS) is 11.0. The number of benzene rings is 1. The van der Waals surface area contributed by atoms with E-state index in [1.165, 1.54) is 18.4 Å². The van der Waals surface area contributed by atoms with E-state index in [1.54, 1.807) is 28.8 Å². The lowest BCUT2D eigenvalue weighted by atomic mass is 10.3. The summed E-state index contributed by atoms with van der Waals surface area (Å²) in [6.45, 7) is 3.85. The van der Waals surface area contributed by atoms with Crippen molar-refractivity contribution in [1.82, 2.24) is 24.4 Å². The molecule has 0 aliphatic carbocycles. The molecule has 29 heavy (non-hydrogen) atoms. The SMILES string of the molecule is COc1ccccc1-n1nc(C(=O)Nc2nc3sc(C)c(C)n3n2)c(O)cc1=O. The summed E-state index contributed by atoms with van der Waals surface area (Å²) < 4.78 is 7.85. The van der Waals surface area contributed by atoms with Crippen molar-refractivity contribution in [3.05, 3.63) is 57.0 Å².